The fourth-order valence-corrected chi connectivity index (χ4v) is 1.90. The number of hydrogen-bond donors (Lipinski definition) is 0. The molecule has 1 atom stereocenters. The van der Waals surface area contributed by atoms with E-state index in [1.165, 1.54) is 10.9 Å². The molecule has 2 heteroatoms. The summed E-state index contributed by atoms with van der Waals surface area (Å²) >= 11 is 0. The van der Waals surface area contributed by atoms with Crippen LogP contribution in [0.5, 0.6) is 5.75 Å². The molecule has 0 bridgehead atoms. The molecule has 0 spiro atoms. The van der Waals surface area contributed by atoms with Gasteiger partial charge in [-0.3, -0.25) is 0 Å². The van der Waals surface area contributed by atoms with Gasteiger partial charge >= 0.3 is 0 Å². The van der Waals surface area contributed by atoms with Crippen molar-refractivity contribution >= 4 is 10.9 Å². The average molecular weight is 172 g/mol. The van der Waals surface area contributed by atoms with Crippen molar-refractivity contribution in [2.75, 3.05) is 0 Å². The van der Waals surface area contributed by atoms with Crippen molar-refractivity contribution in [3.63, 3.8) is 0 Å². The van der Waals surface area contributed by atoms with E-state index < -0.39 is 0 Å². The van der Waals surface area contributed by atoms with E-state index in [1.807, 2.05) is 12.1 Å². The second-order valence-electron chi connectivity index (χ2n) is 3.33. The van der Waals surface area contributed by atoms with Crippen LogP contribution in [-0.2, 0) is 0 Å². The van der Waals surface area contributed by atoms with Gasteiger partial charge in [-0.05, 0) is 18.2 Å². The van der Waals surface area contributed by atoms with E-state index in [-0.39, 0.29) is 6.23 Å². The van der Waals surface area contributed by atoms with Gasteiger partial charge in [0.1, 0.15) is 0 Å². The summed E-state index contributed by atoms with van der Waals surface area (Å²) in [6.45, 7) is 2.06. The first-order valence-corrected chi connectivity index (χ1v) is 4.46. The maximum Gasteiger partial charge on any atom is 0.299 e. The van der Waals surface area contributed by atoms with Gasteiger partial charge in [0.2, 0.25) is 0 Å². The van der Waals surface area contributed by atoms with Crippen molar-refractivity contribution in [1.29, 1.82) is 0 Å². The molecule has 0 radical (unpaired) electrons. The van der Waals surface area contributed by atoms with Crippen LogP contribution in [0.4, 0.5) is 0 Å². The molecule has 1 aromatic heterocycles. The Hall–Kier alpha value is -1.57. The van der Waals surface area contributed by atoms with Gasteiger partial charge in [0, 0.05) is 13.0 Å². The van der Waals surface area contributed by atoms with E-state index in [0.717, 1.165) is 5.75 Å². The maximum absolute atomic E-state index is 5.69. The van der Waals surface area contributed by atoms with Gasteiger partial charge in [-0.15, -0.1) is 0 Å². The molecular weight excluding hydrogens is 162 g/mol. The highest BCUT2D eigenvalue weighted by molar-refractivity contribution is 5.81. The molecule has 0 saturated carbocycles. The number of rotatable bonds is 0. The van der Waals surface area contributed by atoms with Gasteiger partial charge in [0.05, 0.1) is 5.39 Å². The highest BCUT2D eigenvalue weighted by atomic mass is 16.5. The number of hydrogen-bond acceptors (Lipinski definition) is 1. The minimum absolute atomic E-state index is 0.126. The van der Waals surface area contributed by atoms with Crippen LogP contribution in [0.1, 0.15) is 13.2 Å². The second-order valence-corrected chi connectivity index (χ2v) is 3.33. The second kappa shape index (κ2) is 2.22. The third-order valence-electron chi connectivity index (χ3n) is 2.50. The SMILES string of the molecule is CC1Oc2cccc3ccc[n+]1c23. The van der Waals surface area contributed by atoms with Crippen molar-refractivity contribution in [3.05, 3.63) is 36.5 Å². The molecular formula is C11H10NO+. The highest BCUT2D eigenvalue weighted by Crippen LogP contribution is 2.29. The molecule has 1 aliphatic heterocycles. The molecule has 2 aromatic rings. The quantitative estimate of drug-likeness (QED) is 0.554. The van der Waals surface area contributed by atoms with Crippen LogP contribution >= 0.6 is 0 Å². The van der Waals surface area contributed by atoms with Gasteiger partial charge in [0.25, 0.3) is 11.7 Å². The molecule has 64 valence electrons. The summed E-state index contributed by atoms with van der Waals surface area (Å²) in [5, 5.41) is 1.24. The summed E-state index contributed by atoms with van der Waals surface area (Å²) in [6.07, 6.45) is 2.19. The Morgan fingerprint density at radius 3 is 3.00 bits per heavy atom. The van der Waals surface area contributed by atoms with E-state index in [0.29, 0.717) is 0 Å². The molecule has 0 N–H and O–H groups in total. The Bertz CT molecular complexity index is 473. The first-order chi connectivity index (χ1) is 6.36. The van der Waals surface area contributed by atoms with E-state index in [9.17, 15) is 0 Å². The van der Waals surface area contributed by atoms with Crippen molar-refractivity contribution in [2.45, 2.75) is 13.2 Å². The smallest absolute Gasteiger partial charge is 0.299 e. The summed E-state index contributed by atoms with van der Waals surface area (Å²) in [5.74, 6) is 0.991. The van der Waals surface area contributed by atoms with Crippen LogP contribution in [0.25, 0.3) is 10.9 Å². The lowest BCUT2D eigenvalue weighted by molar-refractivity contribution is -0.715. The van der Waals surface area contributed by atoms with E-state index in [2.05, 4.69) is 35.9 Å². The van der Waals surface area contributed by atoms with E-state index >= 15 is 0 Å². The Morgan fingerprint density at radius 2 is 2.08 bits per heavy atom. The standard InChI is InChI=1S/C11H10NO/c1-8-12-7-3-5-9-4-2-6-10(13-8)11(9)12/h2-8H,1H3/q+1. The van der Waals surface area contributed by atoms with E-state index in [4.69, 9.17) is 4.74 Å². The van der Waals surface area contributed by atoms with Gasteiger partial charge < -0.3 is 4.74 Å². The number of nitrogens with zero attached hydrogens (tertiary/aromatic N) is 1. The fraction of sp³-hybridized carbons (Fsp3) is 0.182. The normalized spacial score (nSPS) is 19.0. The molecule has 1 aliphatic rings. The first kappa shape index (κ1) is 6.89. The largest absolute Gasteiger partial charge is 0.427 e. The number of aromatic nitrogens is 1. The minimum Gasteiger partial charge on any atom is -0.427 e. The summed E-state index contributed by atoms with van der Waals surface area (Å²) < 4.78 is 7.84. The van der Waals surface area contributed by atoms with Crippen molar-refractivity contribution in [1.82, 2.24) is 0 Å². The maximum atomic E-state index is 5.69. The number of pyridine rings is 1. The number of benzene rings is 1. The average Bonchev–Trinajstić information content (AvgIpc) is 2.47. The van der Waals surface area contributed by atoms with E-state index in [1.54, 1.807) is 0 Å². The topological polar surface area (TPSA) is 13.1 Å². The third-order valence-corrected chi connectivity index (χ3v) is 2.50. The molecule has 13 heavy (non-hydrogen) atoms. The lowest BCUT2D eigenvalue weighted by atomic mass is 10.2. The lowest BCUT2D eigenvalue weighted by Crippen LogP contribution is -2.36. The molecule has 1 unspecified atom stereocenters. The highest BCUT2D eigenvalue weighted by Gasteiger charge is 2.28. The molecule has 2 nitrogen and oxygen atoms in total. The Kier molecular flexibility index (Phi) is 1.18. The molecule has 0 aliphatic carbocycles. The molecule has 0 fully saturated rings. The number of ether oxygens (including phenoxy) is 1. The van der Waals surface area contributed by atoms with Crippen molar-refractivity contribution < 1.29 is 9.30 Å². The predicted octanol–water partition coefficient (Wildman–Crippen LogP) is 2.04. The van der Waals surface area contributed by atoms with Crippen LogP contribution in [-0.4, -0.2) is 0 Å². The summed E-state index contributed by atoms with van der Waals surface area (Å²) in [6, 6.07) is 10.3. The number of para-hydroxylation sites is 1. The first-order valence-electron chi connectivity index (χ1n) is 4.46. The zero-order chi connectivity index (χ0) is 8.84. The lowest BCUT2D eigenvalue weighted by Gasteiger charge is -1.96. The Balaban J connectivity index is 2.51. The monoisotopic (exact) mass is 172 g/mol. The van der Waals surface area contributed by atoms with Crippen LogP contribution in [0.2, 0.25) is 0 Å². The van der Waals surface area contributed by atoms with Crippen molar-refractivity contribution in [2.24, 2.45) is 0 Å². The zero-order valence-corrected chi connectivity index (χ0v) is 7.40. The molecule has 2 heterocycles. The Labute approximate surface area is 76.4 Å². The van der Waals surface area contributed by atoms with Crippen LogP contribution < -0.4 is 9.30 Å². The minimum atomic E-state index is 0.126. The van der Waals surface area contributed by atoms with Crippen LogP contribution in [0, 0.1) is 0 Å². The summed E-state index contributed by atoms with van der Waals surface area (Å²) in [5.41, 5.74) is 1.21. The van der Waals surface area contributed by atoms with Crippen molar-refractivity contribution in [3.8, 4) is 5.75 Å². The van der Waals surface area contributed by atoms with Gasteiger partial charge in [-0.2, -0.15) is 4.57 Å². The van der Waals surface area contributed by atoms with Gasteiger partial charge in [-0.1, -0.05) is 6.07 Å². The summed E-state index contributed by atoms with van der Waals surface area (Å²) in [7, 11) is 0. The van der Waals surface area contributed by atoms with Gasteiger partial charge in [-0.25, -0.2) is 0 Å². The predicted molar refractivity (Wildman–Crippen MR) is 49.5 cm³/mol. The fourth-order valence-electron chi connectivity index (χ4n) is 1.90. The zero-order valence-electron chi connectivity index (χ0n) is 7.40. The van der Waals surface area contributed by atoms with Crippen LogP contribution in [0.15, 0.2) is 36.5 Å². The molecule has 0 amide bonds. The summed E-state index contributed by atoms with van der Waals surface area (Å²) in [4.78, 5) is 0. The van der Waals surface area contributed by atoms with Crippen LogP contribution in [0.3, 0.4) is 0 Å². The Morgan fingerprint density at radius 1 is 1.23 bits per heavy atom. The van der Waals surface area contributed by atoms with Gasteiger partial charge in [0.15, 0.2) is 11.9 Å². The molecule has 3 rings (SSSR count). The molecule has 0 saturated heterocycles. The third kappa shape index (κ3) is 0.800. The molecule has 1 aromatic carbocycles.